The lowest BCUT2D eigenvalue weighted by molar-refractivity contribution is -0.142. The normalized spacial score (nSPS) is 14.9. The topological polar surface area (TPSA) is 58.6 Å². The second-order valence-corrected chi connectivity index (χ2v) is 8.28. The first-order valence-electron chi connectivity index (χ1n) is 10.8. The molecule has 2 aromatic rings. The average Bonchev–Trinajstić information content (AvgIpc) is 3.24. The Balaban J connectivity index is 1.70. The van der Waals surface area contributed by atoms with E-state index in [1.54, 1.807) is 11.8 Å². The van der Waals surface area contributed by atoms with Gasteiger partial charge in [0.1, 0.15) is 11.8 Å². The van der Waals surface area contributed by atoms with E-state index in [1.807, 2.05) is 62.4 Å². The van der Waals surface area contributed by atoms with Crippen LogP contribution in [0.2, 0.25) is 0 Å². The van der Waals surface area contributed by atoms with E-state index in [9.17, 15) is 9.59 Å². The summed E-state index contributed by atoms with van der Waals surface area (Å²) in [6.45, 7) is 6.07. The predicted octanol–water partition coefficient (Wildman–Crippen LogP) is 4.16. The Morgan fingerprint density at radius 2 is 1.77 bits per heavy atom. The van der Waals surface area contributed by atoms with Gasteiger partial charge in [-0.3, -0.25) is 9.59 Å². The molecule has 0 spiro atoms. The minimum Gasteiger partial charge on any atom is -0.484 e. The van der Waals surface area contributed by atoms with Gasteiger partial charge in [-0.25, -0.2) is 0 Å². The number of benzene rings is 2. The molecule has 1 unspecified atom stereocenters. The van der Waals surface area contributed by atoms with Gasteiger partial charge in [-0.2, -0.15) is 0 Å². The van der Waals surface area contributed by atoms with Gasteiger partial charge in [0.05, 0.1) is 0 Å². The van der Waals surface area contributed by atoms with Crippen LogP contribution < -0.4 is 10.1 Å². The van der Waals surface area contributed by atoms with Crippen LogP contribution in [0.25, 0.3) is 0 Å². The first kappa shape index (κ1) is 21.9. The highest BCUT2D eigenvalue weighted by molar-refractivity contribution is 5.88. The SMILES string of the molecule is Cc1ccc(CN(C(=O)COc2cccc(C)c2)C(C)C(=O)NC2CCCC2)cc1. The first-order chi connectivity index (χ1) is 14.4. The molecule has 0 saturated heterocycles. The van der Waals surface area contributed by atoms with Gasteiger partial charge in [0.15, 0.2) is 6.61 Å². The Hall–Kier alpha value is -2.82. The number of carbonyl (C=O) groups excluding carboxylic acids is 2. The highest BCUT2D eigenvalue weighted by atomic mass is 16.5. The Morgan fingerprint density at radius 3 is 2.43 bits per heavy atom. The van der Waals surface area contributed by atoms with E-state index in [-0.39, 0.29) is 24.5 Å². The van der Waals surface area contributed by atoms with Crippen LogP contribution in [0, 0.1) is 13.8 Å². The minimum absolute atomic E-state index is 0.0992. The van der Waals surface area contributed by atoms with Gasteiger partial charge in [-0.1, -0.05) is 54.8 Å². The van der Waals surface area contributed by atoms with Crippen LogP contribution in [0.3, 0.4) is 0 Å². The number of nitrogens with zero attached hydrogens (tertiary/aromatic N) is 1. The third-order valence-electron chi connectivity index (χ3n) is 5.69. The zero-order valence-corrected chi connectivity index (χ0v) is 18.2. The van der Waals surface area contributed by atoms with Gasteiger partial charge in [-0.05, 0) is 56.9 Å². The second kappa shape index (κ2) is 10.3. The molecule has 0 aromatic heterocycles. The fraction of sp³-hybridized carbons (Fsp3) is 0.440. The molecule has 1 saturated carbocycles. The van der Waals surface area contributed by atoms with Crippen molar-refractivity contribution in [2.24, 2.45) is 0 Å². The van der Waals surface area contributed by atoms with Crippen molar-refractivity contribution in [3.8, 4) is 5.75 Å². The summed E-state index contributed by atoms with van der Waals surface area (Å²) in [5, 5.41) is 3.12. The molecule has 1 fully saturated rings. The fourth-order valence-corrected chi connectivity index (χ4v) is 3.80. The largest absolute Gasteiger partial charge is 0.484 e. The lowest BCUT2D eigenvalue weighted by Gasteiger charge is -2.29. The van der Waals surface area contributed by atoms with Crippen molar-refractivity contribution in [1.82, 2.24) is 10.2 Å². The van der Waals surface area contributed by atoms with Crippen LogP contribution in [-0.4, -0.2) is 35.4 Å². The maximum Gasteiger partial charge on any atom is 0.261 e. The molecule has 0 radical (unpaired) electrons. The van der Waals surface area contributed by atoms with Gasteiger partial charge in [0.25, 0.3) is 5.91 Å². The smallest absolute Gasteiger partial charge is 0.261 e. The molecule has 160 valence electrons. The summed E-state index contributed by atoms with van der Waals surface area (Å²) in [7, 11) is 0. The summed E-state index contributed by atoms with van der Waals surface area (Å²) >= 11 is 0. The molecule has 30 heavy (non-hydrogen) atoms. The number of hydrogen-bond acceptors (Lipinski definition) is 3. The van der Waals surface area contributed by atoms with Gasteiger partial charge in [-0.15, -0.1) is 0 Å². The van der Waals surface area contributed by atoms with E-state index in [0.29, 0.717) is 12.3 Å². The zero-order valence-electron chi connectivity index (χ0n) is 18.2. The number of aryl methyl sites for hydroxylation is 2. The summed E-state index contributed by atoms with van der Waals surface area (Å²) in [5.74, 6) is 0.353. The standard InChI is InChI=1S/C25H32N2O3/c1-18-11-13-21(14-12-18)16-27(20(3)25(29)26-22-8-4-5-9-22)24(28)17-30-23-10-6-7-19(2)15-23/h6-7,10-15,20,22H,4-5,8-9,16-17H2,1-3H3,(H,26,29). The highest BCUT2D eigenvalue weighted by Crippen LogP contribution is 2.19. The molecule has 0 aliphatic heterocycles. The minimum atomic E-state index is -0.569. The van der Waals surface area contributed by atoms with Crippen molar-refractivity contribution in [3.63, 3.8) is 0 Å². The molecule has 3 rings (SSSR count). The molecule has 5 heteroatoms. The molecule has 0 bridgehead atoms. The summed E-state index contributed by atoms with van der Waals surface area (Å²) in [6, 6.07) is 15.3. The third-order valence-corrected chi connectivity index (χ3v) is 5.69. The van der Waals surface area contributed by atoms with Crippen molar-refractivity contribution in [1.29, 1.82) is 0 Å². The molecule has 1 N–H and O–H groups in total. The number of hydrogen-bond donors (Lipinski definition) is 1. The Morgan fingerprint density at radius 1 is 1.07 bits per heavy atom. The summed E-state index contributed by atoms with van der Waals surface area (Å²) in [4.78, 5) is 27.6. The third kappa shape index (κ3) is 6.09. The highest BCUT2D eigenvalue weighted by Gasteiger charge is 2.28. The van der Waals surface area contributed by atoms with Crippen LogP contribution in [0.4, 0.5) is 0 Å². The second-order valence-electron chi connectivity index (χ2n) is 8.28. The molecule has 2 amide bonds. The molecule has 2 aromatic carbocycles. The molecule has 0 heterocycles. The quantitative estimate of drug-likeness (QED) is 0.714. The summed E-state index contributed by atoms with van der Waals surface area (Å²) in [5.41, 5.74) is 3.22. The Labute approximate surface area is 179 Å². The van der Waals surface area contributed by atoms with E-state index < -0.39 is 6.04 Å². The van der Waals surface area contributed by atoms with Crippen molar-refractivity contribution < 1.29 is 14.3 Å². The van der Waals surface area contributed by atoms with E-state index >= 15 is 0 Å². The van der Waals surface area contributed by atoms with E-state index in [4.69, 9.17) is 4.74 Å². The van der Waals surface area contributed by atoms with Crippen LogP contribution in [0.1, 0.15) is 49.3 Å². The van der Waals surface area contributed by atoms with Crippen LogP contribution >= 0.6 is 0 Å². The average molecular weight is 409 g/mol. The van der Waals surface area contributed by atoms with Gasteiger partial charge in [0, 0.05) is 12.6 Å². The van der Waals surface area contributed by atoms with Crippen molar-refractivity contribution in [3.05, 3.63) is 65.2 Å². The van der Waals surface area contributed by atoms with Crippen LogP contribution in [0.15, 0.2) is 48.5 Å². The molecule has 5 nitrogen and oxygen atoms in total. The molecule has 1 atom stereocenters. The Kier molecular flexibility index (Phi) is 7.50. The monoisotopic (exact) mass is 408 g/mol. The lowest BCUT2D eigenvalue weighted by Crippen LogP contribution is -2.50. The lowest BCUT2D eigenvalue weighted by atomic mass is 10.1. The molecule has 1 aliphatic rings. The fourth-order valence-electron chi connectivity index (χ4n) is 3.80. The Bertz CT molecular complexity index is 857. The van der Waals surface area contributed by atoms with E-state index in [2.05, 4.69) is 5.32 Å². The summed E-state index contributed by atoms with van der Waals surface area (Å²) < 4.78 is 5.73. The number of rotatable bonds is 8. The van der Waals surface area contributed by atoms with Gasteiger partial charge < -0.3 is 15.0 Å². The first-order valence-corrected chi connectivity index (χ1v) is 10.8. The number of ether oxygens (including phenoxy) is 1. The molecular weight excluding hydrogens is 376 g/mol. The van der Waals surface area contributed by atoms with Crippen molar-refractivity contribution in [2.45, 2.75) is 65.1 Å². The number of nitrogens with one attached hydrogen (secondary N) is 1. The van der Waals surface area contributed by atoms with E-state index in [0.717, 1.165) is 42.4 Å². The summed E-state index contributed by atoms with van der Waals surface area (Å²) in [6.07, 6.45) is 4.33. The predicted molar refractivity (Wildman–Crippen MR) is 118 cm³/mol. The van der Waals surface area contributed by atoms with Crippen molar-refractivity contribution >= 4 is 11.8 Å². The zero-order chi connectivity index (χ0) is 21.5. The van der Waals surface area contributed by atoms with Crippen LogP contribution in [-0.2, 0) is 16.1 Å². The number of amides is 2. The maximum atomic E-state index is 13.1. The van der Waals surface area contributed by atoms with Gasteiger partial charge >= 0.3 is 0 Å². The maximum absolute atomic E-state index is 13.1. The van der Waals surface area contributed by atoms with Crippen LogP contribution in [0.5, 0.6) is 5.75 Å². The number of carbonyl (C=O) groups is 2. The molecule has 1 aliphatic carbocycles. The van der Waals surface area contributed by atoms with E-state index in [1.165, 1.54) is 0 Å². The molecular formula is C25H32N2O3. The van der Waals surface area contributed by atoms with Crippen molar-refractivity contribution in [2.75, 3.05) is 6.61 Å². The van der Waals surface area contributed by atoms with Gasteiger partial charge in [0.2, 0.25) is 5.91 Å².